The van der Waals surface area contributed by atoms with E-state index in [9.17, 15) is 13.2 Å². The molecule has 0 bridgehead atoms. The average molecular weight is 584 g/mol. The number of alkyl halides is 4. The number of sulfonamides is 1. The lowest BCUT2D eigenvalue weighted by atomic mass is 9.92. The molecule has 1 aliphatic carbocycles. The number of hydrogen-bond donors (Lipinski definition) is 2. The molecule has 0 fully saturated rings. The number of rotatable bonds is 5. The van der Waals surface area contributed by atoms with E-state index >= 15 is 0 Å². The fraction of sp³-hybridized carbons (Fsp3) is 0.167. The molecule has 2 aromatic carbocycles. The average Bonchev–Trinajstić information content (AvgIpc) is 2.71. The molecular formula is C18H11Cl7N2O3S. The molecule has 0 aliphatic heterocycles. The van der Waals surface area contributed by atoms with E-state index in [1.165, 1.54) is 24.3 Å². The topological polar surface area (TPSA) is 75.3 Å². The van der Waals surface area contributed by atoms with Gasteiger partial charge in [0.05, 0.1) is 9.93 Å². The number of ketones is 1. The number of hydrogen-bond acceptors (Lipinski definition) is 4. The highest BCUT2D eigenvalue weighted by Crippen LogP contribution is 2.58. The third kappa shape index (κ3) is 4.27. The van der Waals surface area contributed by atoms with Crippen molar-refractivity contribution in [1.82, 2.24) is 4.72 Å². The second-order valence-corrected chi connectivity index (χ2v) is 11.9. The molecule has 31 heavy (non-hydrogen) atoms. The van der Waals surface area contributed by atoms with E-state index in [1.807, 2.05) is 0 Å². The van der Waals surface area contributed by atoms with E-state index in [2.05, 4.69) is 10.0 Å². The molecule has 2 N–H and O–H groups in total. The van der Waals surface area contributed by atoms with Gasteiger partial charge < -0.3 is 5.32 Å². The molecule has 0 spiro atoms. The fourth-order valence-corrected chi connectivity index (χ4v) is 6.23. The van der Waals surface area contributed by atoms with Gasteiger partial charge >= 0.3 is 0 Å². The lowest BCUT2D eigenvalue weighted by Gasteiger charge is -2.50. The second-order valence-electron chi connectivity index (χ2n) is 6.41. The van der Waals surface area contributed by atoms with Crippen molar-refractivity contribution in [3.05, 3.63) is 69.7 Å². The highest BCUT2D eigenvalue weighted by molar-refractivity contribution is 7.89. The van der Waals surface area contributed by atoms with E-state index < -0.39 is 40.2 Å². The van der Waals surface area contributed by atoms with Gasteiger partial charge in [0, 0.05) is 10.7 Å². The van der Waals surface area contributed by atoms with Crippen LogP contribution in [-0.4, -0.2) is 28.5 Å². The first kappa shape index (κ1) is 25.2. The van der Waals surface area contributed by atoms with Crippen molar-refractivity contribution in [1.29, 1.82) is 0 Å². The molecule has 3 rings (SSSR count). The number of benzene rings is 2. The minimum absolute atomic E-state index is 0.206. The van der Waals surface area contributed by atoms with Crippen molar-refractivity contribution in [2.75, 3.05) is 5.32 Å². The summed E-state index contributed by atoms with van der Waals surface area (Å²) in [5.41, 5.74) is -2.04. The molecule has 0 radical (unpaired) electrons. The summed E-state index contributed by atoms with van der Waals surface area (Å²) in [6, 6.07) is 13.4. The Hall–Kier alpha value is -0.410. The quantitative estimate of drug-likeness (QED) is 0.332. The van der Waals surface area contributed by atoms with Crippen LogP contribution in [0.15, 0.2) is 69.6 Å². The van der Waals surface area contributed by atoms with Crippen molar-refractivity contribution >= 4 is 103 Å². The highest BCUT2D eigenvalue weighted by atomic mass is 35.5. The zero-order valence-electron chi connectivity index (χ0n) is 15.0. The number of allylic oxidation sites excluding steroid dienone is 1. The molecule has 0 unspecified atom stereocenters. The van der Waals surface area contributed by atoms with E-state index in [1.54, 1.807) is 30.3 Å². The Labute approximate surface area is 213 Å². The van der Waals surface area contributed by atoms with Crippen LogP contribution in [0.4, 0.5) is 5.69 Å². The van der Waals surface area contributed by atoms with Gasteiger partial charge in [-0.25, -0.2) is 8.42 Å². The van der Waals surface area contributed by atoms with Gasteiger partial charge in [-0.15, -0.1) is 0 Å². The largest absolute Gasteiger partial charge is 0.359 e. The van der Waals surface area contributed by atoms with Gasteiger partial charge in [0.25, 0.3) is 0 Å². The zero-order valence-corrected chi connectivity index (χ0v) is 21.1. The molecule has 0 heterocycles. The maximum absolute atomic E-state index is 13.2. The maximum Gasteiger partial charge on any atom is 0.242 e. The van der Waals surface area contributed by atoms with Crippen LogP contribution in [0.5, 0.6) is 0 Å². The Morgan fingerprint density at radius 3 is 1.90 bits per heavy atom. The van der Waals surface area contributed by atoms with Crippen LogP contribution < -0.4 is 10.0 Å². The summed E-state index contributed by atoms with van der Waals surface area (Å²) in [6.45, 7) is 0. The standard InChI is InChI=1S/C18H11Cl7N2O3S/c19-10-6-8-12(9-7-10)31(29,30)27-17(26-11-4-2-1-3-5-11)14(21)13(20)15(28)16(22,23)18(17,24)25/h1-9,26-27H/t17-/m0/s1. The predicted molar refractivity (Wildman–Crippen MR) is 127 cm³/mol. The molecule has 1 aliphatic rings. The third-order valence-corrected chi connectivity index (χ3v) is 9.47. The molecule has 2 aromatic rings. The lowest BCUT2D eigenvalue weighted by Crippen LogP contribution is -2.73. The summed E-state index contributed by atoms with van der Waals surface area (Å²) in [6.07, 6.45) is 0. The van der Waals surface area contributed by atoms with E-state index in [0.29, 0.717) is 10.7 Å². The minimum atomic E-state index is -4.40. The first-order valence-electron chi connectivity index (χ1n) is 8.25. The van der Waals surface area contributed by atoms with Crippen molar-refractivity contribution in [3.63, 3.8) is 0 Å². The Balaban J connectivity index is 2.27. The number of para-hydroxylation sites is 1. The van der Waals surface area contributed by atoms with E-state index in [-0.39, 0.29) is 4.90 Å². The second kappa shape index (κ2) is 8.75. The summed E-state index contributed by atoms with van der Waals surface area (Å²) in [4.78, 5) is 12.4. The molecule has 1 atom stereocenters. The Kier molecular flexibility index (Phi) is 7.11. The van der Waals surface area contributed by atoms with Crippen LogP contribution in [0.3, 0.4) is 0 Å². The highest BCUT2D eigenvalue weighted by Gasteiger charge is 2.71. The van der Waals surface area contributed by atoms with Gasteiger partial charge in [0.1, 0.15) is 5.03 Å². The number of nitrogens with one attached hydrogen (secondary N) is 2. The first-order chi connectivity index (χ1) is 14.3. The van der Waals surface area contributed by atoms with Crippen molar-refractivity contribution in [2.45, 2.75) is 19.2 Å². The molecular weight excluding hydrogens is 572 g/mol. The van der Waals surface area contributed by atoms with Gasteiger partial charge in [0.15, 0.2) is 5.66 Å². The molecule has 0 saturated heterocycles. The first-order valence-corrected chi connectivity index (χ1v) is 12.4. The van der Waals surface area contributed by atoms with Crippen molar-refractivity contribution in [3.8, 4) is 0 Å². The predicted octanol–water partition coefficient (Wildman–Crippen LogP) is 6.05. The van der Waals surface area contributed by atoms with E-state index in [4.69, 9.17) is 81.2 Å². The van der Waals surface area contributed by atoms with Gasteiger partial charge in [0.2, 0.25) is 24.5 Å². The lowest BCUT2D eigenvalue weighted by molar-refractivity contribution is -0.116. The Bertz CT molecular complexity index is 1150. The molecule has 0 saturated carbocycles. The monoisotopic (exact) mass is 580 g/mol. The summed E-state index contributed by atoms with van der Waals surface area (Å²) < 4.78 is 23.6. The van der Waals surface area contributed by atoms with Crippen molar-refractivity contribution in [2.24, 2.45) is 0 Å². The van der Waals surface area contributed by atoms with Crippen LogP contribution in [0.1, 0.15) is 0 Å². The number of anilines is 1. The molecule has 166 valence electrons. The van der Waals surface area contributed by atoms with E-state index in [0.717, 1.165) is 0 Å². The molecule has 13 heteroatoms. The third-order valence-electron chi connectivity index (χ3n) is 4.39. The van der Waals surface area contributed by atoms with Gasteiger partial charge in [-0.2, -0.15) is 4.72 Å². The van der Waals surface area contributed by atoms with Crippen LogP contribution in [0.25, 0.3) is 0 Å². The SMILES string of the molecule is O=C1C(Cl)=C(Cl)[C@](Nc2ccccc2)(NS(=O)(=O)c2ccc(Cl)cc2)C(Cl)(Cl)C1(Cl)Cl. The van der Waals surface area contributed by atoms with Gasteiger partial charge in [-0.1, -0.05) is 99.4 Å². The van der Waals surface area contributed by atoms with Gasteiger partial charge in [-0.3, -0.25) is 4.79 Å². The number of carbonyl (C=O) groups excluding carboxylic acids is 1. The molecule has 0 aromatic heterocycles. The van der Waals surface area contributed by atoms with Crippen LogP contribution in [0, 0.1) is 0 Å². The number of Topliss-reactive ketones (excluding diaryl/α,β-unsaturated/α-hetero) is 1. The normalized spacial score (nSPS) is 23.0. The fourth-order valence-electron chi connectivity index (χ4n) is 2.80. The summed E-state index contributed by atoms with van der Waals surface area (Å²) in [5, 5.41) is 1.91. The molecule has 5 nitrogen and oxygen atoms in total. The number of carbonyl (C=O) groups is 1. The maximum atomic E-state index is 13.2. The van der Waals surface area contributed by atoms with Crippen LogP contribution >= 0.6 is 81.2 Å². The van der Waals surface area contributed by atoms with Crippen molar-refractivity contribution < 1.29 is 13.2 Å². The summed E-state index contributed by atoms with van der Waals surface area (Å²) >= 11 is 43.7. The van der Waals surface area contributed by atoms with Gasteiger partial charge in [-0.05, 0) is 36.4 Å². The zero-order chi connectivity index (χ0) is 23.2. The smallest absolute Gasteiger partial charge is 0.242 e. The molecule has 0 amide bonds. The number of halogens is 7. The summed E-state index contributed by atoms with van der Waals surface area (Å²) in [5.74, 6) is -1.09. The van der Waals surface area contributed by atoms with Crippen LogP contribution in [-0.2, 0) is 14.8 Å². The minimum Gasteiger partial charge on any atom is -0.359 e. The Morgan fingerprint density at radius 1 is 0.806 bits per heavy atom. The summed E-state index contributed by atoms with van der Waals surface area (Å²) in [7, 11) is -4.40. The Morgan fingerprint density at radius 2 is 1.35 bits per heavy atom. The van der Waals surface area contributed by atoms with Crippen LogP contribution in [0.2, 0.25) is 5.02 Å².